The average molecular weight is 375 g/mol. The van der Waals surface area contributed by atoms with Crippen LogP contribution >= 0.6 is 15.9 Å². The SMILES string of the molecule is CCn1c(C2CC2)c(Br)c(=O)n1-c1ccccc1C(F)(F)F. The van der Waals surface area contributed by atoms with E-state index in [1.54, 1.807) is 4.68 Å². The van der Waals surface area contributed by atoms with Crippen molar-refractivity contribution in [1.29, 1.82) is 0 Å². The molecule has 0 saturated heterocycles. The summed E-state index contributed by atoms with van der Waals surface area (Å²) in [7, 11) is 0. The molecule has 1 saturated carbocycles. The van der Waals surface area contributed by atoms with E-state index in [2.05, 4.69) is 15.9 Å². The number of para-hydroxylation sites is 1. The Morgan fingerprint density at radius 3 is 2.45 bits per heavy atom. The van der Waals surface area contributed by atoms with Gasteiger partial charge >= 0.3 is 6.18 Å². The minimum atomic E-state index is -4.51. The van der Waals surface area contributed by atoms with Crippen molar-refractivity contribution in [2.75, 3.05) is 0 Å². The van der Waals surface area contributed by atoms with Crippen molar-refractivity contribution in [3.05, 3.63) is 50.3 Å². The Morgan fingerprint density at radius 1 is 1.27 bits per heavy atom. The Morgan fingerprint density at radius 2 is 1.91 bits per heavy atom. The number of hydrogen-bond donors (Lipinski definition) is 0. The maximum Gasteiger partial charge on any atom is 0.418 e. The van der Waals surface area contributed by atoms with Gasteiger partial charge in [-0.1, -0.05) is 12.1 Å². The van der Waals surface area contributed by atoms with Gasteiger partial charge in [-0.2, -0.15) is 13.2 Å². The van der Waals surface area contributed by atoms with Gasteiger partial charge in [0.05, 0.1) is 16.9 Å². The van der Waals surface area contributed by atoms with Crippen LogP contribution in [0.4, 0.5) is 13.2 Å². The fraction of sp³-hybridized carbons (Fsp3) is 0.400. The zero-order chi connectivity index (χ0) is 16.1. The predicted molar refractivity (Wildman–Crippen MR) is 80.4 cm³/mol. The number of aromatic nitrogens is 2. The minimum absolute atomic E-state index is 0.130. The fourth-order valence-corrected chi connectivity index (χ4v) is 3.43. The Balaban J connectivity index is 2.31. The molecule has 1 fully saturated rings. The van der Waals surface area contributed by atoms with E-state index in [1.165, 1.54) is 18.2 Å². The third-order valence-electron chi connectivity index (χ3n) is 3.83. The zero-order valence-corrected chi connectivity index (χ0v) is 13.4. The highest BCUT2D eigenvalue weighted by atomic mass is 79.9. The van der Waals surface area contributed by atoms with Crippen molar-refractivity contribution in [3.63, 3.8) is 0 Å². The van der Waals surface area contributed by atoms with E-state index in [0.29, 0.717) is 11.0 Å². The molecule has 22 heavy (non-hydrogen) atoms. The summed E-state index contributed by atoms with van der Waals surface area (Å²) in [4.78, 5) is 12.5. The Bertz CT molecular complexity index is 772. The molecule has 0 unspecified atom stereocenters. The first-order valence-electron chi connectivity index (χ1n) is 7.04. The van der Waals surface area contributed by atoms with Gasteiger partial charge in [-0.15, -0.1) is 0 Å². The molecule has 1 aliphatic carbocycles. The number of rotatable bonds is 3. The second-order valence-corrected chi connectivity index (χ2v) is 6.11. The number of benzene rings is 1. The number of halogens is 4. The van der Waals surface area contributed by atoms with Crippen molar-refractivity contribution in [1.82, 2.24) is 9.36 Å². The molecule has 0 atom stereocenters. The van der Waals surface area contributed by atoms with E-state index in [4.69, 9.17) is 0 Å². The molecule has 1 aromatic heterocycles. The molecule has 0 amide bonds. The summed E-state index contributed by atoms with van der Waals surface area (Å²) in [5.41, 5.74) is -0.585. The maximum atomic E-state index is 13.2. The third-order valence-corrected chi connectivity index (χ3v) is 4.57. The van der Waals surface area contributed by atoms with E-state index in [-0.39, 0.29) is 11.6 Å². The van der Waals surface area contributed by atoms with Crippen LogP contribution in [0.5, 0.6) is 0 Å². The molecular weight excluding hydrogens is 361 g/mol. The molecular formula is C15H14BrF3N2O. The van der Waals surface area contributed by atoms with Gasteiger partial charge in [0.15, 0.2) is 0 Å². The normalized spacial score (nSPS) is 15.3. The highest BCUT2D eigenvalue weighted by molar-refractivity contribution is 9.10. The first-order valence-corrected chi connectivity index (χ1v) is 7.83. The summed E-state index contributed by atoms with van der Waals surface area (Å²) in [6.07, 6.45) is -2.59. The summed E-state index contributed by atoms with van der Waals surface area (Å²) in [6, 6.07) is 5.17. The number of nitrogens with zero attached hydrogens (tertiary/aromatic N) is 2. The first kappa shape index (κ1) is 15.4. The maximum absolute atomic E-state index is 13.2. The Labute approximate surface area is 133 Å². The van der Waals surface area contributed by atoms with Crippen molar-refractivity contribution >= 4 is 15.9 Å². The summed E-state index contributed by atoms with van der Waals surface area (Å²) in [5.74, 6) is 0.251. The lowest BCUT2D eigenvalue weighted by atomic mass is 10.1. The fourth-order valence-electron chi connectivity index (χ4n) is 2.73. The Kier molecular flexibility index (Phi) is 3.71. The zero-order valence-electron chi connectivity index (χ0n) is 11.8. The van der Waals surface area contributed by atoms with Gasteiger partial charge in [-0.3, -0.25) is 9.48 Å². The van der Waals surface area contributed by atoms with Crippen molar-refractivity contribution in [2.24, 2.45) is 0 Å². The summed E-state index contributed by atoms with van der Waals surface area (Å²) in [5, 5.41) is 0. The smallest absolute Gasteiger partial charge is 0.281 e. The molecule has 3 nitrogen and oxygen atoms in total. The molecule has 0 aliphatic heterocycles. The van der Waals surface area contributed by atoms with Crippen LogP contribution in [0.15, 0.2) is 33.5 Å². The summed E-state index contributed by atoms with van der Waals surface area (Å²) < 4.78 is 42.9. The van der Waals surface area contributed by atoms with Gasteiger partial charge in [0.2, 0.25) is 0 Å². The van der Waals surface area contributed by atoms with Gasteiger partial charge in [-0.05, 0) is 47.8 Å². The second-order valence-electron chi connectivity index (χ2n) is 5.32. The van der Waals surface area contributed by atoms with Crippen LogP contribution in [0, 0.1) is 0 Å². The molecule has 2 aromatic rings. The van der Waals surface area contributed by atoms with E-state index < -0.39 is 17.3 Å². The van der Waals surface area contributed by atoms with Crippen LogP contribution < -0.4 is 5.56 Å². The van der Waals surface area contributed by atoms with Crippen molar-refractivity contribution < 1.29 is 13.2 Å². The van der Waals surface area contributed by atoms with Crippen LogP contribution in [-0.2, 0) is 12.7 Å². The lowest BCUT2D eigenvalue weighted by Gasteiger charge is -2.17. The first-order chi connectivity index (χ1) is 10.4. The van der Waals surface area contributed by atoms with E-state index in [0.717, 1.165) is 29.3 Å². The highest BCUT2D eigenvalue weighted by Gasteiger charge is 2.37. The van der Waals surface area contributed by atoms with E-state index >= 15 is 0 Å². The second kappa shape index (κ2) is 5.30. The van der Waals surface area contributed by atoms with Gasteiger partial charge < -0.3 is 0 Å². The predicted octanol–water partition coefficient (Wildman–Crippen LogP) is 4.32. The average Bonchev–Trinajstić information content (AvgIpc) is 3.26. The molecule has 0 bridgehead atoms. The van der Waals surface area contributed by atoms with Crippen LogP contribution in [-0.4, -0.2) is 9.36 Å². The summed E-state index contributed by atoms with van der Waals surface area (Å²) in [6.45, 7) is 2.25. The van der Waals surface area contributed by atoms with E-state index in [1.807, 2.05) is 6.92 Å². The lowest BCUT2D eigenvalue weighted by Crippen LogP contribution is -2.24. The number of alkyl halides is 3. The topological polar surface area (TPSA) is 26.9 Å². The highest BCUT2D eigenvalue weighted by Crippen LogP contribution is 2.43. The van der Waals surface area contributed by atoms with Crippen LogP contribution in [0.25, 0.3) is 5.69 Å². The van der Waals surface area contributed by atoms with Crippen molar-refractivity contribution in [2.45, 2.75) is 38.4 Å². The van der Waals surface area contributed by atoms with Crippen LogP contribution in [0.3, 0.4) is 0 Å². The molecule has 118 valence electrons. The van der Waals surface area contributed by atoms with Crippen molar-refractivity contribution in [3.8, 4) is 5.69 Å². The molecule has 1 aromatic carbocycles. The van der Waals surface area contributed by atoms with Gasteiger partial charge in [0.25, 0.3) is 5.56 Å². The summed E-state index contributed by atoms with van der Waals surface area (Å²) >= 11 is 3.27. The molecule has 3 rings (SSSR count). The molecule has 0 spiro atoms. The van der Waals surface area contributed by atoms with Gasteiger partial charge in [0.1, 0.15) is 4.47 Å². The van der Waals surface area contributed by atoms with Crippen LogP contribution in [0.1, 0.15) is 36.9 Å². The molecule has 1 aliphatic rings. The minimum Gasteiger partial charge on any atom is -0.281 e. The van der Waals surface area contributed by atoms with Gasteiger partial charge in [-0.25, -0.2) is 4.68 Å². The largest absolute Gasteiger partial charge is 0.418 e. The molecule has 7 heteroatoms. The standard InChI is InChI=1S/C15H14BrF3N2O/c1-2-20-13(9-7-8-9)12(16)14(22)21(20)11-6-4-3-5-10(11)15(17,18)19/h3-6,9H,2,7-8H2,1H3. The van der Waals surface area contributed by atoms with E-state index in [9.17, 15) is 18.0 Å². The number of hydrogen-bond acceptors (Lipinski definition) is 1. The third kappa shape index (κ3) is 2.41. The quantitative estimate of drug-likeness (QED) is 0.785. The van der Waals surface area contributed by atoms with Gasteiger partial charge in [0, 0.05) is 12.5 Å². The molecule has 0 radical (unpaired) electrons. The van der Waals surface area contributed by atoms with Crippen LogP contribution in [0.2, 0.25) is 0 Å². The molecule has 0 N–H and O–H groups in total. The lowest BCUT2D eigenvalue weighted by molar-refractivity contribution is -0.137. The Hall–Kier alpha value is -1.50. The molecule has 1 heterocycles. The monoisotopic (exact) mass is 374 g/mol.